The number of carbonyl (C=O) groups excluding carboxylic acids is 4. The Morgan fingerprint density at radius 2 is 1.61 bits per heavy atom. The summed E-state index contributed by atoms with van der Waals surface area (Å²) < 4.78 is 12.1. The molecule has 3 N–H and O–H groups in total. The highest BCUT2D eigenvalue weighted by Gasteiger charge is 2.81. The number of ether oxygens (including phenoxy) is 2. The summed E-state index contributed by atoms with van der Waals surface area (Å²) in [5.74, 6) is -2.05. The summed E-state index contributed by atoms with van der Waals surface area (Å²) in [5.41, 5.74) is -6.02. The van der Waals surface area contributed by atoms with Crippen molar-refractivity contribution in [2.75, 3.05) is 13.1 Å². The maximum Gasteiger partial charge on any atom is 0.330 e. The van der Waals surface area contributed by atoms with Crippen LogP contribution in [0.25, 0.3) is 0 Å². The molecule has 10 nitrogen and oxygen atoms in total. The second-order valence-electron chi connectivity index (χ2n) is 15.6. The van der Waals surface area contributed by atoms with E-state index < -0.39 is 51.4 Å². The number of carbonyl (C=O) groups is 4. The van der Waals surface area contributed by atoms with Gasteiger partial charge in [-0.05, 0) is 83.5 Å². The SMILES string of the molecule is CC(=O)N1CCC(C(=O)O[C@H]2CC[C@@]3(C)C(=CC[C@]4(O)C3C[C@@H](OC(=O)/C=C(\C)C(C)C)[C@@]3(C)[C@]4(O)CC[C@@]3(O)C(C)=O)C2)CC1. The predicted octanol–water partition coefficient (Wildman–Crippen LogP) is 3.79. The van der Waals surface area contributed by atoms with Gasteiger partial charge in [0.25, 0.3) is 0 Å². The number of allylic oxidation sites excluding steroid dienone is 1. The third kappa shape index (κ3) is 5.09. The first kappa shape index (κ1) is 34.8. The van der Waals surface area contributed by atoms with E-state index in [2.05, 4.69) is 6.92 Å². The Hall–Kier alpha value is -2.56. The summed E-state index contributed by atoms with van der Waals surface area (Å²) in [6.45, 7) is 13.3. The Kier molecular flexibility index (Phi) is 8.95. The van der Waals surface area contributed by atoms with Crippen LogP contribution in [0.2, 0.25) is 0 Å². The maximum atomic E-state index is 13.3. The number of ketones is 1. The van der Waals surface area contributed by atoms with Gasteiger partial charge in [-0.2, -0.15) is 0 Å². The van der Waals surface area contributed by atoms with Crippen LogP contribution in [0, 0.1) is 28.6 Å². The number of likely N-dealkylation sites (tertiary alicyclic amines) is 1. The van der Waals surface area contributed by atoms with E-state index >= 15 is 0 Å². The molecule has 4 aliphatic carbocycles. The van der Waals surface area contributed by atoms with E-state index in [-0.39, 0.29) is 55.5 Å². The molecule has 1 aliphatic heterocycles. The van der Waals surface area contributed by atoms with Gasteiger partial charge in [-0.15, -0.1) is 0 Å². The Morgan fingerprint density at radius 1 is 0.957 bits per heavy atom. The number of amides is 1. The lowest BCUT2D eigenvalue weighted by Crippen LogP contribution is -2.78. The Balaban J connectivity index is 1.43. The van der Waals surface area contributed by atoms with Crippen molar-refractivity contribution in [3.63, 3.8) is 0 Å². The molecule has 3 saturated carbocycles. The van der Waals surface area contributed by atoms with Crippen molar-refractivity contribution < 1.29 is 44.0 Å². The number of piperidine rings is 1. The molecule has 8 atom stereocenters. The summed E-state index contributed by atoms with van der Waals surface area (Å²) in [6.07, 6.45) is 4.96. The van der Waals surface area contributed by atoms with Crippen molar-refractivity contribution in [2.45, 2.75) is 135 Å². The Labute approximate surface area is 272 Å². The van der Waals surface area contributed by atoms with E-state index in [1.165, 1.54) is 19.9 Å². The molecule has 0 aromatic heterocycles. The lowest BCUT2D eigenvalue weighted by molar-refractivity contribution is -0.314. The van der Waals surface area contributed by atoms with E-state index in [4.69, 9.17) is 9.47 Å². The first-order valence-corrected chi connectivity index (χ1v) is 17.1. The zero-order valence-electron chi connectivity index (χ0n) is 28.6. The standard InChI is InChI=1S/C36H53NO9/c1-21(2)22(3)18-30(40)46-29-20-28-32(6)12-9-27(45-31(41)25-10-16-37(17-11-25)24(5)39)19-26(32)8-13-35(28,43)36(44)15-14-34(42,23(4)38)33(29,36)7/h8,18,21,25,27-29,42-44H,9-17,19-20H2,1-7H3/b22-18+/t27-,28?,29+,32-,33+,34+,35-,36+/m0/s1. The second-order valence-corrected chi connectivity index (χ2v) is 15.6. The third-order valence-electron chi connectivity index (χ3n) is 13.2. The highest BCUT2D eigenvalue weighted by molar-refractivity contribution is 5.87. The summed E-state index contributed by atoms with van der Waals surface area (Å²) in [5, 5.41) is 37.2. The molecule has 1 amide bonds. The van der Waals surface area contributed by atoms with Gasteiger partial charge >= 0.3 is 11.9 Å². The minimum atomic E-state index is -2.00. The highest BCUT2D eigenvalue weighted by atomic mass is 16.6. The molecule has 10 heteroatoms. The van der Waals surface area contributed by atoms with Gasteiger partial charge in [-0.1, -0.05) is 38.0 Å². The van der Waals surface area contributed by atoms with E-state index in [1.807, 2.05) is 26.8 Å². The van der Waals surface area contributed by atoms with Crippen molar-refractivity contribution in [3.05, 3.63) is 23.3 Å². The largest absolute Gasteiger partial charge is 0.462 e. The second kappa shape index (κ2) is 11.8. The molecule has 256 valence electrons. The number of aliphatic hydroxyl groups is 3. The average Bonchev–Trinajstić information content (AvgIpc) is 3.22. The molecule has 1 unspecified atom stereocenters. The molecule has 1 saturated heterocycles. The van der Waals surface area contributed by atoms with Crippen molar-refractivity contribution in [2.24, 2.45) is 28.6 Å². The van der Waals surface area contributed by atoms with Crippen LogP contribution in [0.1, 0.15) is 106 Å². The smallest absolute Gasteiger partial charge is 0.330 e. The molecule has 4 fully saturated rings. The molecule has 5 aliphatic rings. The summed E-state index contributed by atoms with van der Waals surface area (Å²) in [6, 6.07) is 0. The summed E-state index contributed by atoms with van der Waals surface area (Å²) in [4.78, 5) is 52.9. The molecule has 1 heterocycles. The molecule has 0 radical (unpaired) electrons. The van der Waals surface area contributed by atoms with Crippen molar-refractivity contribution in [1.29, 1.82) is 0 Å². The molecule has 46 heavy (non-hydrogen) atoms. The Morgan fingerprint density at radius 3 is 2.20 bits per heavy atom. The van der Waals surface area contributed by atoms with Gasteiger partial charge in [0.2, 0.25) is 5.91 Å². The van der Waals surface area contributed by atoms with E-state index in [1.54, 1.807) is 11.8 Å². The molecule has 0 aromatic rings. The number of fused-ring (bicyclic) bond motifs is 5. The van der Waals surface area contributed by atoms with Crippen molar-refractivity contribution >= 4 is 23.6 Å². The number of hydrogen-bond donors (Lipinski definition) is 3. The van der Waals surface area contributed by atoms with E-state index in [0.717, 1.165) is 11.1 Å². The number of hydrogen-bond acceptors (Lipinski definition) is 9. The molecular weight excluding hydrogens is 590 g/mol. The average molecular weight is 644 g/mol. The molecule has 0 spiro atoms. The van der Waals surface area contributed by atoms with E-state index in [9.17, 15) is 34.5 Å². The van der Waals surface area contributed by atoms with Gasteiger partial charge in [0.05, 0.1) is 11.3 Å². The number of esters is 2. The maximum absolute atomic E-state index is 13.3. The number of rotatable bonds is 6. The first-order valence-electron chi connectivity index (χ1n) is 17.1. The van der Waals surface area contributed by atoms with Crippen molar-refractivity contribution in [1.82, 2.24) is 4.90 Å². The molecule has 0 bridgehead atoms. The summed E-state index contributed by atoms with van der Waals surface area (Å²) >= 11 is 0. The van der Waals surface area contributed by atoms with Crippen LogP contribution in [0.5, 0.6) is 0 Å². The van der Waals surface area contributed by atoms with Crippen LogP contribution >= 0.6 is 0 Å². The fraction of sp³-hybridized carbons (Fsp3) is 0.778. The molecular formula is C36H53NO9. The van der Waals surface area contributed by atoms with Gasteiger partial charge in [-0.3, -0.25) is 14.4 Å². The zero-order chi connectivity index (χ0) is 34.0. The topological polar surface area (TPSA) is 151 Å². The van der Waals surface area contributed by atoms with Crippen LogP contribution in [0.4, 0.5) is 0 Å². The first-order chi connectivity index (χ1) is 21.3. The van der Waals surface area contributed by atoms with Crippen LogP contribution in [-0.4, -0.2) is 85.9 Å². The minimum absolute atomic E-state index is 0.0120. The van der Waals surface area contributed by atoms with Crippen LogP contribution in [0.15, 0.2) is 23.3 Å². The monoisotopic (exact) mass is 643 g/mol. The normalized spacial score (nSPS) is 41.2. The van der Waals surface area contributed by atoms with Gasteiger partial charge < -0.3 is 29.7 Å². The lowest BCUT2D eigenvalue weighted by Gasteiger charge is -2.67. The summed E-state index contributed by atoms with van der Waals surface area (Å²) in [7, 11) is 0. The molecule has 5 rings (SSSR count). The predicted molar refractivity (Wildman–Crippen MR) is 169 cm³/mol. The highest BCUT2D eigenvalue weighted by Crippen LogP contribution is 2.71. The van der Waals surface area contributed by atoms with Crippen LogP contribution in [0.3, 0.4) is 0 Å². The lowest BCUT2D eigenvalue weighted by atomic mass is 9.42. The quantitative estimate of drug-likeness (QED) is 0.223. The zero-order valence-corrected chi connectivity index (χ0v) is 28.6. The van der Waals surface area contributed by atoms with E-state index in [0.29, 0.717) is 45.2 Å². The fourth-order valence-electron chi connectivity index (χ4n) is 9.67. The van der Waals surface area contributed by atoms with Crippen LogP contribution < -0.4 is 0 Å². The van der Waals surface area contributed by atoms with Gasteiger partial charge in [0.1, 0.15) is 29.0 Å². The third-order valence-corrected chi connectivity index (χ3v) is 13.2. The Bertz CT molecular complexity index is 1350. The number of nitrogens with zero attached hydrogens (tertiary/aromatic N) is 1. The fourth-order valence-corrected chi connectivity index (χ4v) is 9.67. The molecule has 0 aromatic carbocycles. The minimum Gasteiger partial charge on any atom is -0.462 e. The number of Topliss-reactive ketones (excluding diaryl/α,β-unsaturated/α-hetero) is 1. The van der Waals surface area contributed by atoms with Gasteiger partial charge in [-0.25, -0.2) is 4.79 Å². The van der Waals surface area contributed by atoms with Gasteiger partial charge in [0, 0.05) is 38.4 Å². The van der Waals surface area contributed by atoms with Crippen molar-refractivity contribution in [3.8, 4) is 0 Å². The van der Waals surface area contributed by atoms with Gasteiger partial charge in [0.15, 0.2) is 5.78 Å². The van der Waals surface area contributed by atoms with Crippen LogP contribution in [-0.2, 0) is 28.7 Å².